The van der Waals surface area contributed by atoms with Gasteiger partial charge in [0.05, 0.1) is 17.7 Å². The summed E-state index contributed by atoms with van der Waals surface area (Å²) in [5, 5.41) is 12.7. The van der Waals surface area contributed by atoms with Gasteiger partial charge in [-0.05, 0) is 31.0 Å². The molecule has 98 valence electrons. The van der Waals surface area contributed by atoms with Crippen LogP contribution in [0, 0.1) is 5.82 Å². The zero-order valence-corrected chi connectivity index (χ0v) is 10.6. The highest BCUT2D eigenvalue weighted by molar-refractivity contribution is 6.30. The van der Waals surface area contributed by atoms with Crippen molar-refractivity contribution in [1.82, 2.24) is 5.32 Å². The Morgan fingerprint density at radius 3 is 2.78 bits per heavy atom. The molecule has 1 aromatic carbocycles. The van der Waals surface area contributed by atoms with Crippen LogP contribution in [0.3, 0.4) is 0 Å². The van der Waals surface area contributed by atoms with E-state index >= 15 is 0 Å². The van der Waals surface area contributed by atoms with E-state index in [1.54, 1.807) is 0 Å². The van der Waals surface area contributed by atoms with Crippen molar-refractivity contribution in [3.8, 4) is 0 Å². The van der Waals surface area contributed by atoms with Crippen LogP contribution in [0.25, 0.3) is 0 Å². The van der Waals surface area contributed by atoms with Crippen molar-refractivity contribution in [3.63, 3.8) is 0 Å². The van der Waals surface area contributed by atoms with Crippen molar-refractivity contribution in [2.24, 2.45) is 0 Å². The number of carbonyl (C=O) groups excluding carboxylic acids is 1. The van der Waals surface area contributed by atoms with Gasteiger partial charge in [0.15, 0.2) is 0 Å². The van der Waals surface area contributed by atoms with Gasteiger partial charge in [-0.25, -0.2) is 4.39 Å². The number of amides is 1. The fourth-order valence-corrected chi connectivity index (χ4v) is 2.36. The van der Waals surface area contributed by atoms with Gasteiger partial charge in [0.2, 0.25) is 0 Å². The van der Waals surface area contributed by atoms with Gasteiger partial charge in [-0.1, -0.05) is 24.4 Å². The Balaban J connectivity index is 2.07. The van der Waals surface area contributed by atoms with E-state index in [-0.39, 0.29) is 16.6 Å². The zero-order valence-electron chi connectivity index (χ0n) is 9.83. The lowest BCUT2D eigenvalue weighted by molar-refractivity contribution is 0.0714. The van der Waals surface area contributed by atoms with E-state index < -0.39 is 17.8 Å². The van der Waals surface area contributed by atoms with Gasteiger partial charge < -0.3 is 10.4 Å². The average molecular weight is 272 g/mol. The van der Waals surface area contributed by atoms with E-state index in [1.807, 2.05) is 0 Å². The molecule has 1 fully saturated rings. The standard InChI is InChI=1S/C13H15ClFNO2/c14-8-5-6-9(10(15)7-8)13(18)16-11-3-1-2-4-12(11)17/h5-7,11-12,17H,1-4H2,(H,16,18)/t11-,12-/m1/s1. The number of hydrogen-bond donors (Lipinski definition) is 2. The van der Waals surface area contributed by atoms with Crippen molar-refractivity contribution in [3.05, 3.63) is 34.6 Å². The minimum Gasteiger partial charge on any atom is -0.391 e. The van der Waals surface area contributed by atoms with Crippen LogP contribution in [0.2, 0.25) is 5.02 Å². The first-order valence-electron chi connectivity index (χ1n) is 6.02. The van der Waals surface area contributed by atoms with E-state index in [1.165, 1.54) is 12.1 Å². The van der Waals surface area contributed by atoms with Crippen LogP contribution in [-0.2, 0) is 0 Å². The Hall–Kier alpha value is -1.13. The number of aliphatic hydroxyl groups is 1. The molecular formula is C13H15ClFNO2. The summed E-state index contributed by atoms with van der Waals surface area (Å²) < 4.78 is 13.5. The van der Waals surface area contributed by atoms with Crippen LogP contribution in [0.15, 0.2) is 18.2 Å². The van der Waals surface area contributed by atoms with E-state index in [4.69, 9.17) is 11.6 Å². The summed E-state index contributed by atoms with van der Waals surface area (Å²) in [6.45, 7) is 0. The van der Waals surface area contributed by atoms with Crippen molar-refractivity contribution >= 4 is 17.5 Å². The topological polar surface area (TPSA) is 49.3 Å². The molecule has 1 amide bonds. The van der Waals surface area contributed by atoms with E-state index in [2.05, 4.69) is 5.32 Å². The van der Waals surface area contributed by atoms with Crippen LogP contribution < -0.4 is 5.32 Å². The van der Waals surface area contributed by atoms with E-state index in [9.17, 15) is 14.3 Å². The first-order chi connectivity index (χ1) is 8.58. The van der Waals surface area contributed by atoms with Gasteiger partial charge >= 0.3 is 0 Å². The van der Waals surface area contributed by atoms with Gasteiger partial charge in [-0.2, -0.15) is 0 Å². The lowest BCUT2D eigenvalue weighted by atomic mass is 9.92. The van der Waals surface area contributed by atoms with Crippen molar-refractivity contribution in [2.45, 2.75) is 37.8 Å². The summed E-state index contributed by atoms with van der Waals surface area (Å²) >= 11 is 5.62. The molecule has 2 N–H and O–H groups in total. The smallest absolute Gasteiger partial charge is 0.254 e. The Kier molecular flexibility index (Phi) is 4.19. The van der Waals surface area contributed by atoms with E-state index in [0.29, 0.717) is 6.42 Å². The molecule has 1 aromatic rings. The monoisotopic (exact) mass is 271 g/mol. The molecule has 2 rings (SSSR count). The van der Waals surface area contributed by atoms with Gasteiger partial charge in [0, 0.05) is 5.02 Å². The van der Waals surface area contributed by atoms with Crippen LogP contribution in [0.1, 0.15) is 36.0 Å². The summed E-state index contributed by atoms with van der Waals surface area (Å²) in [5.74, 6) is -1.15. The molecule has 0 aromatic heterocycles. The summed E-state index contributed by atoms with van der Waals surface area (Å²) in [7, 11) is 0. The molecule has 0 radical (unpaired) electrons. The molecule has 1 aliphatic rings. The van der Waals surface area contributed by atoms with Crippen LogP contribution in [0.4, 0.5) is 4.39 Å². The Bertz CT molecular complexity index is 453. The first-order valence-corrected chi connectivity index (χ1v) is 6.39. The second kappa shape index (κ2) is 5.67. The molecule has 1 saturated carbocycles. The Morgan fingerprint density at radius 1 is 1.39 bits per heavy atom. The third-order valence-electron chi connectivity index (χ3n) is 3.22. The maximum Gasteiger partial charge on any atom is 0.254 e. The number of nitrogens with one attached hydrogen (secondary N) is 1. The lowest BCUT2D eigenvalue weighted by Gasteiger charge is -2.28. The maximum atomic E-state index is 13.5. The van der Waals surface area contributed by atoms with Crippen LogP contribution in [0.5, 0.6) is 0 Å². The molecule has 18 heavy (non-hydrogen) atoms. The molecule has 1 aliphatic carbocycles. The molecule has 0 saturated heterocycles. The number of hydrogen-bond acceptors (Lipinski definition) is 2. The highest BCUT2D eigenvalue weighted by atomic mass is 35.5. The third-order valence-corrected chi connectivity index (χ3v) is 3.46. The minimum atomic E-state index is -0.648. The van der Waals surface area contributed by atoms with E-state index in [0.717, 1.165) is 25.3 Å². The second-order valence-corrected chi connectivity index (χ2v) is 4.99. The molecule has 2 atom stereocenters. The van der Waals surface area contributed by atoms with Crippen LogP contribution >= 0.6 is 11.6 Å². The molecule has 0 heterocycles. The summed E-state index contributed by atoms with van der Waals surface area (Å²) in [5.41, 5.74) is -0.0443. The number of halogens is 2. The molecule has 0 aliphatic heterocycles. The minimum absolute atomic E-state index is 0.0443. The molecule has 5 heteroatoms. The van der Waals surface area contributed by atoms with Gasteiger partial charge in [0.1, 0.15) is 5.82 Å². The number of benzene rings is 1. The van der Waals surface area contributed by atoms with Crippen molar-refractivity contribution < 1.29 is 14.3 Å². The normalized spacial score (nSPS) is 23.7. The second-order valence-electron chi connectivity index (χ2n) is 4.56. The molecule has 0 unspecified atom stereocenters. The van der Waals surface area contributed by atoms with Crippen LogP contribution in [-0.4, -0.2) is 23.2 Å². The predicted octanol–water partition coefficient (Wildman–Crippen LogP) is 2.51. The molecule has 0 bridgehead atoms. The number of carbonyl (C=O) groups is 1. The third kappa shape index (κ3) is 3.00. The summed E-state index contributed by atoms with van der Waals surface area (Å²) in [4.78, 5) is 11.9. The summed E-state index contributed by atoms with van der Waals surface area (Å²) in [6, 6.07) is 3.63. The fraction of sp³-hybridized carbons (Fsp3) is 0.462. The average Bonchev–Trinajstić information content (AvgIpc) is 2.32. The Labute approximate surface area is 110 Å². The van der Waals surface area contributed by atoms with Gasteiger partial charge in [-0.3, -0.25) is 4.79 Å². The van der Waals surface area contributed by atoms with Gasteiger partial charge in [0.25, 0.3) is 5.91 Å². The largest absolute Gasteiger partial charge is 0.391 e. The van der Waals surface area contributed by atoms with Gasteiger partial charge in [-0.15, -0.1) is 0 Å². The highest BCUT2D eigenvalue weighted by Gasteiger charge is 2.25. The SMILES string of the molecule is O=C(N[C@@H]1CCCC[C@H]1O)c1ccc(Cl)cc1F. The molecule has 0 spiro atoms. The van der Waals surface area contributed by atoms with Crippen molar-refractivity contribution in [1.29, 1.82) is 0 Å². The molecule has 3 nitrogen and oxygen atoms in total. The highest BCUT2D eigenvalue weighted by Crippen LogP contribution is 2.20. The Morgan fingerprint density at radius 2 is 2.11 bits per heavy atom. The molecular weight excluding hydrogens is 257 g/mol. The maximum absolute atomic E-state index is 13.5. The first kappa shape index (κ1) is 13.3. The van der Waals surface area contributed by atoms with Crippen molar-refractivity contribution in [2.75, 3.05) is 0 Å². The predicted molar refractivity (Wildman–Crippen MR) is 67.1 cm³/mol. The number of rotatable bonds is 2. The fourth-order valence-electron chi connectivity index (χ4n) is 2.20. The quantitative estimate of drug-likeness (QED) is 0.868. The lowest BCUT2D eigenvalue weighted by Crippen LogP contribution is -2.45. The summed E-state index contributed by atoms with van der Waals surface area (Å²) in [6.07, 6.45) is 2.78. The number of aliphatic hydroxyl groups excluding tert-OH is 1. The zero-order chi connectivity index (χ0) is 13.1.